The van der Waals surface area contributed by atoms with Crippen molar-refractivity contribution in [2.45, 2.75) is 42.6 Å². The molecule has 1 unspecified atom stereocenters. The van der Waals surface area contributed by atoms with E-state index in [-0.39, 0.29) is 18.4 Å². The fourth-order valence-corrected chi connectivity index (χ4v) is 4.76. The maximum absolute atomic E-state index is 14.2. The number of fused-ring (bicyclic) bond motifs is 1. The molecule has 2 aliphatic heterocycles. The van der Waals surface area contributed by atoms with Gasteiger partial charge in [-0.15, -0.1) is 5.10 Å². The summed E-state index contributed by atoms with van der Waals surface area (Å²) in [5.74, 6) is -2.19. The number of hydrogen-bond acceptors (Lipinski definition) is 5. The van der Waals surface area contributed by atoms with Crippen LogP contribution in [-0.4, -0.2) is 42.4 Å². The van der Waals surface area contributed by atoms with Crippen LogP contribution in [0.1, 0.15) is 24.4 Å². The Labute approximate surface area is 135 Å². The quantitative estimate of drug-likeness (QED) is 0.814. The molecule has 1 aliphatic carbocycles. The number of sulfone groups is 1. The standard InChI is InChI=1S/C14H13F4N3O2S/c15-7-3-1-2-6(12(7)18)10-4-9(17)13-19-14(20-21(10)13)24(22,23)11-5-8(11)16/h1-3,8-11,13H,4-5H2,(H,19,20)/t8-,9+,10+,11-,13?/m1/s1. The van der Waals surface area contributed by atoms with Gasteiger partial charge in [0.2, 0.25) is 15.0 Å². The summed E-state index contributed by atoms with van der Waals surface area (Å²) in [6, 6.07) is 2.59. The average Bonchev–Trinajstić information content (AvgIpc) is 2.99. The molecule has 130 valence electrons. The van der Waals surface area contributed by atoms with Crippen molar-refractivity contribution in [2.24, 2.45) is 5.10 Å². The van der Waals surface area contributed by atoms with Gasteiger partial charge in [0.05, 0.1) is 6.04 Å². The van der Waals surface area contributed by atoms with Crippen LogP contribution in [0.5, 0.6) is 0 Å². The van der Waals surface area contributed by atoms with Crippen molar-refractivity contribution in [1.82, 2.24) is 10.3 Å². The normalized spacial score (nSPS) is 34.8. The predicted molar refractivity (Wildman–Crippen MR) is 77.0 cm³/mol. The third-order valence-electron chi connectivity index (χ3n) is 4.54. The Kier molecular flexibility index (Phi) is 3.32. The number of rotatable bonds is 2. The van der Waals surface area contributed by atoms with Crippen molar-refractivity contribution in [3.63, 3.8) is 0 Å². The van der Waals surface area contributed by atoms with Crippen molar-refractivity contribution in [3.05, 3.63) is 35.4 Å². The summed E-state index contributed by atoms with van der Waals surface area (Å²) in [5.41, 5.74) is -0.0980. The first-order chi connectivity index (χ1) is 11.3. The van der Waals surface area contributed by atoms with E-state index < -0.39 is 56.4 Å². The first-order valence-corrected chi connectivity index (χ1v) is 8.94. The average molecular weight is 363 g/mol. The largest absolute Gasteiger partial charge is 0.335 e. The monoisotopic (exact) mass is 363 g/mol. The zero-order chi connectivity index (χ0) is 17.2. The Balaban J connectivity index is 1.69. The highest BCUT2D eigenvalue weighted by Crippen LogP contribution is 2.42. The van der Waals surface area contributed by atoms with E-state index in [4.69, 9.17) is 0 Å². The second-order valence-electron chi connectivity index (χ2n) is 6.12. The lowest BCUT2D eigenvalue weighted by molar-refractivity contribution is 0.178. The minimum Gasteiger partial charge on any atom is -0.335 e. The Bertz CT molecular complexity index is 831. The van der Waals surface area contributed by atoms with E-state index in [0.717, 1.165) is 11.1 Å². The number of amidine groups is 1. The molecule has 0 spiro atoms. The van der Waals surface area contributed by atoms with E-state index in [9.17, 15) is 26.0 Å². The van der Waals surface area contributed by atoms with Crippen molar-refractivity contribution in [3.8, 4) is 0 Å². The van der Waals surface area contributed by atoms with Gasteiger partial charge in [0.25, 0.3) is 0 Å². The van der Waals surface area contributed by atoms with Gasteiger partial charge in [-0.05, 0) is 12.5 Å². The molecule has 4 rings (SSSR count). The van der Waals surface area contributed by atoms with Crippen LogP contribution in [-0.2, 0) is 9.84 Å². The maximum Gasteiger partial charge on any atom is 0.241 e. The van der Waals surface area contributed by atoms with Gasteiger partial charge in [0, 0.05) is 12.0 Å². The van der Waals surface area contributed by atoms with Gasteiger partial charge in [-0.25, -0.2) is 26.0 Å². The molecule has 2 fully saturated rings. The molecule has 5 atom stereocenters. The third-order valence-corrected chi connectivity index (χ3v) is 6.56. The maximum atomic E-state index is 14.2. The number of nitrogens with zero attached hydrogens (tertiary/aromatic N) is 2. The zero-order valence-corrected chi connectivity index (χ0v) is 13.0. The number of benzene rings is 1. The minimum atomic E-state index is -4.02. The topological polar surface area (TPSA) is 61.8 Å². The summed E-state index contributed by atoms with van der Waals surface area (Å²) in [7, 11) is -4.02. The number of hydrazone groups is 1. The van der Waals surface area contributed by atoms with Crippen molar-refractivity contribution >= 4 is 15.0 Å². The van der Waals surface area contributed by atoms with E-state index >= 15 is 0 Å². The van der Waals surface area contributed by atoms with Crippen LogP contribution in [0.4, 0.5) is 17.6 Å². The lowest BCUT2D eigenvalue weighted by atomic mass is 10.0. The molecular formula is C14H13F4N3O2S. The highest BCUT2D eigenvalue weighted by atomic mass is 32.2. The molecule has 0 amide bonds. The van der Waals surface area contributed by atoms with Crippen molar-refractivity contribution < 1.29 is 26.0 Å². The molecule has 1 saturated carbocycles. The van der Waals surface area contributed by atoms with Crippen LogP contribution < -0.4 is 5.32 Å². The molecule has 5 nitrogen and oxygen atoms in total. The van der Waals surface area contributed by atoms with Gasteiger partial charge in [0.1, 0.15) is 23.8 Å². The lowest BCUT2D eigenvalue weighted by Crippen LogP contribution is -2.42. The Hall–Kier alpha value is -1.84. The molecule has 24 heavy (non-hydrogen) atoms. The summed E-state index contributed by atoms with van der Waals surface area (Å²) >= 11 is 0. The summed E-state index contributed by atoms with van der Waals surface area (Å²) in [6.45, 7) is 0. The van der Waals surface area contributed by atoms with E-state index in [0.29, 0.717) is 0 Å². The smallest absolute Gasteiger partial charge is 0.241 e. The number of halogens is 4. The van der Waals surface area contributed by atoms with Crippen molar-refractivity contribution in [1.29, 1.82) is 0 Å². The second-order valence-corrected chi connectivity index (χ2v) is 8.20. The molecule has 0 aromatic heterocycles. The second kappa shape index (κ2) is 5.08. The van der Waals surface area contributed by atoms with Gasteiger partial charge >= 0.3 is 0 Å². The summed E-state index contributed by atoms with van der Waals surface area (Å²) in [4.78, 5) is 0. The molecule has 2 heterocycles. The lowest BCUT2D eigenvalue weighted by Gasteiger charge is -2.22. The van der Waals surface area contributed by atoms with Crippen LogP contribution in [0.25, 0.3) is 0 Å². The van der Waals surface area contributed by atoms with E-state index in [1.54, 1.807) is 0 Å². The molecule has 10 heteroatoms. The summed E-state index contributed by atoms with van der Waals surface area (Å²) in [5, 5.41) is 5.70. The number of hydrogen-bond donors (Lipinski definition) is 1. The minimum absolute atomic E-state index is 0.0980. The van der Waals surface area contributed by atoms with Crippen LogP contribution >= 0.6 is 0 Å². The third kappa shape index (κ3) is 2.19. The SMILES string of the molecule is O=S(=O)(C1=NN2C(N1)[C@@H](F)C[C@H]2c1cccc(F)c1F)[C@@H]1C[C@H]1F. The van der Waals surface area contributed by atoms with Crippen LogP contribution in [0.15, 0.2) is 23.3 Å². The zero-order valence-electron chi connectivity index (χ0n) is 12.2. The number of nitrogens with one attached hydrogen (secondary N) is 1. The Morgan fingerprint density at radius 2 is 1.88 bits per heavy atom. The molecule has 1 aromatic carbocycles. The summed E-state index contributed by atoms with van der Waals surface area (Å²) < 4.78 is 79.1. The fourth-order valence-electron chi connectivity index (χ4n) is 3.15. The van der Waals surface area contributed by atoms with E-state index in [2.05, 4.69) is 10.4 Å². The molecule has 0 bridgehead atoms. The molecule has 1 N–H and O–H groups in total. The van der Waals surface area contributed by atoms with Gasteiger partial charge in [0.15, 0.2) is 11.6 Å². The fraction of sp³-hybridized carbons (Fsp3) is 0.500. The van der Waals surface area contributed by atoms with E-state index in [1.165, 1.54) is 12.1 Å². The first kappa shape index (κ1) is 15.7. The summed E-state index contributed by atoms with van der Waals surface area (Å²) in [6.07, 6.45) is -4.36. The molecular weight excluding hydrogens is 350 g/mol. The molecule has 1 aromatic rings. The molecule has 3 aliphatic rings. The Morgan fingerprint density at radius 3 is 2.54 bits per heavy atom. The molecule has 1 saturated heterocycles. The number of alkyl halides is 2. The van der Waals surface area contributed by atoms with Gasteiger partial charge in [-0.3, -0.25) is 5.01 Å². The van der Waals surface area contributed by atoms with Crippen LogP contribution in [0, 0.1) is 11.6 Å². The van der Waals surface area contributed by atoms with Gasteiger partial charge in [-0.1, -0.05) is 12.1 Å². The highest BCUT2D eigenvalue weighted by Gasteiger charge is 2.55. The van der Waals surface area contributed by atoms with Crippen LogP contribution in [0.3, 0.4) is 0 Å². The first-order valence-electron chi connectivity index (χ1n) is 7.40. The Morgan fingerprint density at radius 1 is 1.17 bits per heavy atom. The highest BCUT2D eigenvalue weighted by molar-refractivity contribution is 8.07. The van der Waals surface area contributed by atoms with Crippen molar-refractivity contribution in [2.75, 3.05) is 0 Å². The van der Waals surface area contributed by atoms with Gasteiger partial charge in [-0.2, -0.15) is 0 Å². The predicted octanol–water partition coefficient (Wildman–Crippen LogP) is 1.78. The molecule has 0 radical (unpaired) electrons. The van der Waals surface area contributed by atoms with Crippen LogP contribution in [0.2, 0.25) is 0 Å². The van der Waals surface area contributed by atoms with Gasteiger partial charge < -0.3 is 5.32 Å². The van der Waals surface area contributed by atoms with E-state index in [1.807, 2.05) is 0 Å².